The van der Waals surface area contributed by atoms with Crippen LogP contribution in [0.15, 0.2) is 54.6 Å². The van der Waals surface area contributed by atoms with Crippen LogP contribution < -0.4 is 0 Å². The van der Waals surface area contributed by atoms with Gasteiger partial charge < -0.3 is 14.8 Å². The number of likely N-dealkylation sites (N-methyl/N-ethyl adjacent to an activating group) is 1. The van der Waals surface area contributed by atoms with Gasteiger partial charge in [-0.25, -0.2) is 0 Å². The highest BCUT2D eigenvalue weighted by Crippen LogP contribution is 2.44. The van der Waals surface area contributed by atoms with Gasteiger partial charge in [-0.15, -0.1) is 0 Å². The van der Waals surface area contributed by atoms with E-state index < -0.39 is 11.6 Å². The maximum Gasteiger partial charge on any atom is 0.255 e. The molecule has 142 valence electrons. The third-order valence-electron chi connectivity index (χ3n) is 6.35. The average molecular weight is 373 g/mol. The predicted molar refractivity (Wildman–Crippen MR) is 108 cm³/mol. The summed E-state index contributed by atoms with van der Waals surface area (Å²) in [5.74, 6) is 0.0299. The number of nitrogens with zero attached hydrogens (tertiary/aromatic N) is 2. The summed E-state index contributed by atoms with van der Waals surface area (Å²) < 4.78 is 0. The summed E-state index contributed by atoms with van der Waals surface area (Å²) in [4.78, 5) is 34.2. The lowest BCUT2D eigenvalue weighted by molar-refractivity contribution is -0.170. The van der Waals surface area contributed by atoms with Gasteiger partial charge in [-0.1, -0.05) is 48.5 Å². The number of piperazine rings is 1. The van der Waals surface area contributed by atoms with Gasteiger partial charge in [0.2, 0.25) is 5.91 Å². The van der Waals surface area contributed by atoms with E-state index in [2.05, 4.69) is 11.1 Å². The number of hydrogen-bond acceptors (Lipinski definition) is 2. The summed E-state index contributed by atoms with van der Waals surface area (Å²) in [6, 6.07) is 17.5. The first-order chi connectivity index (χ1) is 13.6. The minimum absolute atomic E-state index is 0.00638. The molecule has 1 aromatic heterocycles. The molecule has 3 aliphatic rings. The van der Waals surface area contributed by atoms with Crippen molar-refractivity contribution in [1.29, 1.82) is 0 Å². The van der Waals surface area contributed by atoms with Gasteiger partial charge in [0.1, 0.15) is 6.04 Å². The molecular weight excluding hydrogens is 350 g/mol. The molecule has 0 spiro atoms. The zero-order valence-corrected chi connectivity index (χ0v) is 16.1. The molecule has 4 heterocycles. The largest absolute Gasteiger partial charge is 0.356 e. The summed E-state index contributed by atoms with van der Waals surface area (Å²) in [5, 5.41) is 1.11. The standard InChI is InChI=1S/C23H23N3O2/c1-3-26-21(27)19-13-17-16-11-7-8-12-18(16)24-20(17)23(26,2)22(28)25(19)14-15-9-5-4-6-10-15/h4-12,19,24H,3,13-14H2,1-2H3/t19-,23-/m0/s1. The van der Waals surface area contributed by atoms with Gasteiger partial charge in [0.05, 0.1) is 5.69 Å². The lowest BCUT2D eigenvalue weighted by atomic mass is 9.90. The van der Waals surface area contributed by atoms with Crippen LogP contribution in [0.4, 0.5) is 0 Å². The second-order valence-electron chi connectivity index (χ2n) is 7.82. The Kier molecular flexibility index (Phi) is 3.63. The summed E-state index contributed by atoms with van der Waals surface area (Å²) in [7, 11) is 0. The van der Waals surface area contributed by atoms with Crippen LogP contribution in [-0.4, -0.2) is 39.2 Å². The number of carbonyl (C=O) groups is 2. The van der Waals surface area contributed by atoms with Crippen LogP contribution >= 0.6 is 0 Å². The van der Waals surface area contributed by atoms with E-state index in [1.54, 1.807) is 9.80 Å². The lowest BCUT2D eigenvalue weighted by Crippen LogP contribution is -2.67. The van der Waals surface area contributed by atoms with Gasteiger partial charge in [-0.3, -0.25) is 9.59 Å². The molecule has 3 aromatic rings. The first-order valence-electron chi connectivity index (χ1n) is 9.82. The highest BCUT2D eigenvalue weighted by molar-refractivity contribution is 6.03. The summed E-state index contributed by atoms with van der Waals surface area (Å²) in [6.07, 6.45) is 0.544. The number of aromatic nitrogens is 1. The SMILES string of the molecule is CCN1C(=O)[C@@H]2Cc3c([nH]c4ccccc34)[C@@]1(C)C(=O)N2Cc1ccccc1. The average Bonchev–Trinajstić information content (AvgIpc) is 3.02. The molecule has 2 bridgehead atoms. The molecule has 5 nitrogen and oxygen atoms in total. The number of carbonyl (C=O) groups excluding carboxylic acids is 2. The van der Waals surface area contributed by atoms with Crippen molar-refractivity contribution in [1.82, 2.24) is 14.8 Å². The van der Waals surface area contributed by atoms with E-state index in [1.807, 2.05) is 62.4 Å². The van der Waals surface area contributed by atoms with Crippen molar-refractivity contribution in [2.45, 2.75) is 38.4 Å². The fourth-order valence-electron chi connectivity index (χ4n) is 4.96. The van der Waals surface area contributed by atoms with Crippen molar-refractivity contribution in [2.24, 2.45) is 0 Å². The summed E-state index contributed by atoms with van der Waals surface area (Å²) in [6.45, 7) is 4.79. The van der Waals surface area contributed by atoms with Gasteiger partial charge in [0, 0.05) is 30.4 Å². The van der Waals surface area contributed by atoms with Gasteiger partial charge in [-0.05, 0) is 31.0 Å². The highest BCUT2D eigenvalue weighted by Gasteiger charge is 2.58. The van der Waals surface area contributed by atoms with E-state index in [4.69, 9.17) is 0 Å². The highest BCUT2D eigenvalue weighted by atomic mass is 16.2. The Bertz CT molecular complexity index is 1090. The molecule has 0 saturated carbocycles. The first kappa shape index (κ1) is 17.0. The van der Waals surface area contributed by atoms with E-state index in [9.17, 15) is 9.59 Å². The molecule has 2 atom stereocenters. The molecular formula is C23H23N3O2. The quantitative estimate of drug-likeness (QED) is 0.767. The maximum absolute atomic E-state index is 13.8. The number of para-hydroxylation sites is 1. The minimum atomic E-state index is -1.01. The Morgan fingerprint density at radius 3 is 2.54 bits per heavy atom. The van der Waals surface area contributed by atoms with Crippen molar-refractivity contribution in [3.63, 3.8) is 0 Å². The Morgan fingerprint density at radius 2 is 1.79 bits per heavy atom. The minimum Gasteiger partial charge on any atom is -0.356 e. The molecule has 2 aromatic carbocycles. The van der Waals surface area contributed by atoms with Crippen LogP contribution in [0.2, 0.25) is 0 Å². The molecule has 0 radical (unpaired) electrons. The van der Waals surface area contributed by atoms with Gasteiger partial charge in [0.15, 0.2) is 5.54 Å². The second kappa shape index (κ2) is 5.96. The molecule has 2 amide bonds. The van der Waals surface area contributed by atoms with Gasteiger partial charge in [-0.2, -0.15) is 0 Å². The monoisotopic (exact) mass is 373 g/mol. The lowest BCUT2D eigenvalue weighted by Gasteiger charge is -2.48. The molecule has 1 fully saturated rings. The van der Waals surface area contributed by atoms with Crippen molar-refractivity contribution < 1.29 is 9.59 Å². The maximum atomic E-state index is 13.8. The number of rotatable bonds is 3. The second-order valence-corrected chi connectivity index (χ2v) is 7.82. The topological polar surface area (TPSA) is 56.4 Å². The molecule has 3 aliphatic heterocycles. The summed E-state index contributed by atoms with van der Waals surface area (Å²) in [5.41, 5.74) is 3.01. The first-order valence-corrected chi connectivity index (χ1v) is 9.82. The van der Waals surface area contributed by atoms with E-state index in [0.717, 1.165) is 27.7 Å². The summed E-state index contributed by atoms with van der Waals surface area (Å²) >= 11 is 0. The Morgan fingerprint density at radius 1 is 1.07 bits per heavy atom. The number of aromatic amines is 1. The fraction of sp³-hybridized carbons (Fsp3) is 0.304. The van der Waals surface area contributed by atoms with Gasteiger partial charge in [0.25, 0.3) is 5.91 Å². The van der Waals surface area contributed by atoms with Crippen molar-refractivity contribution in [3.8, 4) is 0 Å². The zero-order chi connectivity index (χ0) is 19.5. The Balaban J connectivity index is 1.70. The van der Waals surface area contributed by atoms with E-state index in [-0.39, 0.29) is 11.8 Å². The number of fused-ring (bicyclic) bond motifs is 3. The molecule has 1 saturated heterocycles. The number of nitrogens with one attached hydrogen (secondary N) is 1. The zero-order valence-electron chi connectivity index (χ0n) is 16.1. The van der Waals surface area contributed by atoms with E-state index >= 15 is 0 Å². The van der Waals surface area contributed by atoms with Crippen LogP contribution in [0, 0.1) is 0 Å². The van der Waals surface area contributed by atoms with Crippen LogP contribution in [0.1, 0.15) is 30.7 Å². The molecule has 5 heteroatoms. The molecule has 1 N–H and O–H groups in total. The third-order valence-corrected chi connectivity index (χ3v) is 6.35. The van der Waals surface area contributed by atoms with E-state index in [0.29, 0.717) is 19.5 Å². The third kappa shape index (κ3) is 2.13. The molecule has 6 rings (SSSR count). The van der Waals surface area contributed by atoms with Gasteiger partial charge >= 0.3 is 0 Å². The molecule has 0 unspecified atom stereocenters. The van der Waals surface area contributed by atoms with Crippen LogP contribution in [0.3, 0.4) is 0 Å². The number of amides is 2. The van der Waals surface area contributed by atoms with E-state index in [1.165, 1.54) is 0 Å². The predicted octanol–water partition coefficient (Wildman–Crippen LogP) is 3.20. The number of hydrogen-bond donors (Lipinski definition) is 1. The van der Waals surface area contributed by atoms with Crippen molar-refractivity contribution in [3.05, 3.63) is 71.4 Å². The van der Waals surface area contributed by atoms with Crippen LogP contribution in [0.25, 0.3) is 10.9 Å². The fourth-order valence-corrected chi connectivity index (χ4v) is 4.96. The normalized spacial score (nSPS) is 24.0. The Labute approximate surface area is 163 Å². The molecule has 0 aliphatic carbocycles. The van der Waals surface area contributed by atoms with Crippen LogP contribution in [0.5, 0.6) is 0 Å². The number of benzene rings is 2. The smallest absolute Gasteiger partial charge is 0.255 e. The van der Waals surface area contributed by atoms with Crippen molar-refractivity contribution in [2.75, 3.05) is 6.54 Å². The Hall–Kier alpha value is -3.08. The van der Waals surface area contributed by atoms with Crippen molar-refractivity contribution >= 4 is 22.7 Å². The van der Waals surface area contributed by atoms with Crippen LogP contribution in [-0.2, 0) is 28.1 Å². The molecule has 28 heavy (non-hydrogen) atoms. The number of H-pyrrole nitrogens is 1.